The number of amides is 1. The van der Waals surface area contributed by atoms with E-state index in [0.717, 1.165) is 12.8 Å². The van der Waals surface area contributed by atoms with Crippen LogP contribution in [0.15, 0.2) is 0 Å². The fourth-order valence-corrected chi connectivity index (χ4v) is 2.16. The van der Waals surface area contributed by atoms with E-state index in [1.54, 1.807) is 0 Å². The SMILES string of the molecule is CCCCNC(=O)c1c(Cl)nc(C)c([N+](=O)[O-])c1C. The first-order valence-electron chi connectivity index (χ1n) is 5.99. The molecule has 19 heavy (non-hydrogen) atoms. The second-order valence-electron chi connectivity index (χ2n) is 4.20. The molecule has 0 bridgehead atoms. The van der Waals surface area contributed by atoms with Gasteiger partial charge in [-0.2, -0.15) is 0 Å². The number of nitrogens with zero attached hydrogens (tertiary/aromatic N) is 2. The summed E-state index contributed by atoms with van der Waals surface area (Å²) < 4.78 is 0. The van der Waals surface area contributed by atoms with Crippen molar-refractivity contribution in [2.45, 2.75) is 33.6 Å². The van der Waals surface area contributed by atoms with Crippen molar-refractivity contribution in [3.63, 3.8) is 0 Å². The number of unbranched alkanes of at least 4 members (excludes halogenated alkanes) is 1. The van der Waals surface area contributed by atoms with Gasteiger partial charge in [-0.1, -0.05) is 24.9 Å². The van der Waals surface area contributed by atoms with Crippen molar-refractivity contribution in [2.24, 2.45) is 0 Å². The molecule has 1 amide bonds. The lowest BCUT2D eigenvalue weighted by Gasteiger charge is -2.10. The summed E-state index contributed by atoms with van der Waals surface area (Å²) in [7, 11) is 0. The van der Waals surface area contributed by atoms with Crippen molar-refractivity contribution in [1.82, 2.24) is 10.3 Å². The number of hydrogen-bond acceptors (Lipinski definition) is 4. The molecule has 0 aliphatic rings. The molecule has 1 N–H and O–H groups in total. The summed E-state index contributed by atoms with van der Waals surface area (Å²) in [6.45, 7) is 5.51. The van der Waals surface area contributed by atoms with Crippen molar-refractivity contribution in [1.29, 1.82) is 0 Å². The molecule has 0 saturated heterocycles. The number of carbonyl (C=O) groups excluding carboxylic acids is 1. The van der Waals surface area contributed by atoms with Gasteiger partial charge in [0.1, 0.15) is 10.8 Å². The number of pyridine rings is 1. The van der Waals surface area contributed by atoms with E-state index in [2.05, 4.69) is 10.3 Å². The Bertz CT molecular complexity index is 517. The Balaban J connectivity index is 3.17. The molecule has 0 aliphatic heterocycles. The lowest BCUT2D eigenvalue weighted by molar-refractivity contribution is -0.386. The number of carbonyl (C=O) groups is 1. The highest BCUT2D eigenvalue weighted by molar-refractivity contribution is 6.33. The van der Waals surface area contributed by atoms with Gasteiger partial charge in [-0.3, -0.25) is 14.9 Å². The molecule has 0 aliphatic carbocycles. The van der Waals surface area contributed by atoms with E-state index in [1.165, 1.54) is 13.8 Å². The second kappa shape index (κ2) is 6.47. The predicted octanol–water partition coefficient (Wildman–Crippen LogP) is 2.79. The van der Waals surface area contributed by atoms with E-state index < -0.39 is 10.8 Å². The number of aromatic nitrogens is 1. The van der Waals surface area contributed by atoms with Gasteiger partial charge in [-0.05, 0) is 20.3 Å². The summed E-state index contributed by atoms with van der Waals surface area (Å²) in [6.07, 6.45) is 1.78. The van der Waals surface area contributed by atoms with Crippen molar-refractivity contribution in [2.75, 3.05) is 6.54 Å². The quantitative estimate of drug-likeness (QED) is 0.390. The van der Waals surface area contributed by atoms with Gasteiger partial charge in [-0.25, -0.2) is 4.98 Å². The van der Waals surface area contributed by atoms with Crippen molar-refractivity contribution >= 4 is 23.2 Å². The van der Waals surface area contributed by atoms with Crippen LogP contribution < -0.4 is 5.32 Å². The van der Waals surface area contributed by atoms with Crippen molar-refractivity contribution in [3.05, 3.63) is 32.1 Å². The first kappa shape index (κ1) is 15.4. The lowest BCUT2D eigenvalue weighted by Crippen LogP contribution is -2.26. The number of nitro groups is 1. The Morgan fingerprint density at radius 1 is 1.47 bits per heavy atom. The molecular weight excluding hydrogens is 270 g/mol. The number of aryl methyl sites for hydroxylation is 1. The Hall–Kier alpha value is -1.69. The molecule has 7 heteroatoms. The Labute approximate surface area is 116 Å². The Kier molecular flexibility index (Phi) is 5.23. The van der Waals surface area contributed by atoms with Gasteiger partial charge in [0.15, 0.2) is 0 Å². The fourth-order valence-electron chi connectivity index (χ4n) is 1.80. The molecule has 6 nitrogen and oxygen atoms in total. The van der Waals surface area contributed by atoms with E-state index in [9.17, 15) is 14.9 Å². The summed E-state index contributed by atoms with van der Waals surface area (Å²) in [5, 5.41) is 13.7. The first-order valence-corrected chi connectivity index (χ1v) is 6.37. The van der Waals surface area contributed by atoms with Gasteiger partial charge in [0.25, 0.3) is 11.6 Å². The largest absolute Gasteiger partial charge is 0.352 e. The van der Waals surface area contributed by atoms with Gasteiger partial charge in [-0.15, -0.1) is 0 Å². The predicted molar refractivity (Wildman–Crippen MR) is 72.6 cm³/mol. The molecule has 0 saturated carbocycles. The van der Waals surface area contributed by atoms with Crippen molar-refractivity contribution in [3.8, 4) is 0 Å². The number of rotatable bonds is 5. The van der Waals surface area contributed by atoms with Crippen LogP contribution in [0, 0.1) is 24.0 Å². The maximum Gasteiger partial charge on any atom is 0.294 e. The summed E-state index contributed by atoms with van der Waals surface area (Å²) in [6, 6.07) is 0. The van der Waals surface area contributed by atoms with E-state index in [-0.39, 0.29) is 27.7 Å². The minimum Gasteiger partial charge on any atom is -0.352 e. The van der Waals surface area contributed by atoms with Gasteiger partial charge >= 0.3 is 0 Å². The molecule has 0 spiro atoms. The highest BCUT2D eigenvalue weighted by Crippen LogP contribution is 2.28. The van der Waals surface area contributed by atoms with Gasteiger partial charge in [0.05, 0.1) is 10.5 Å². The summed E-state index contributed by atoms with van der Waals surface area (Å²) >= 11 is 5.92. The first-order chi connectivity index (χ1) is 8.90. The van der Waals surface area contributed by atoms with Gasteiger partial charge < -0.3 is 5.32 Å². The smallest absolute Gasteiger partial charge is 0.294 e. The number of hydrogen-bond donors (Lipinski definition) is 1. The monoisotopic (exact) mass is 285 g/mol. The van der Waals surface area contributed by atoms with Crippen LogP contribution in [0.1, 0.15) is 41.4 Å². The van der Waals surface area contributed by atoms with Gasteiger partial charge in [0, 0.05) is 12.1 Å². The number of nitrogens with one attached hydrogen (secondary N) is 1. The molecule has 0 fully saturated rings. The second-order valence-corrected chi connectivity index (χ2v) is 4.56. The minimum atomic E-state index is -0.545. The zero-order valence-electron chi connectivity index (χ0n) is 11.1. The summed E-state index contributed by atoms with van der Waals surface area (Å²) in [4.78, 5) is 26.3. The highest BCUT2D eigenvalue weighted by Gasteiger charge is 2.25. The topological polar surface area (TPSA) is 85.1 Å². The lowest BCUT2D eigenvalue weighted by atomic mass is 10.1. The van der Waals surface area contributed by atoms with Gasteiger partial charge in [0.2, 0.25) is 0 Å². The van der Waals surface area contributed by atoms with Crippen LogP contribution in [0.4, 0.5) is 5.69 Å². The highest BCUT2D eigenvalue weighted by atomic mass is 35.5. The van der Waals surface area contributed by atoms with Crippen LogP contribution in [0.2, 0.25) is 5.15 Å². The third kappa shape index (κ3) is 3.41. The maximum absolute atomic E-state index is 12.0. The molecule has 0 unspecified atom stereocenters. The maximum atomic E-state index is 12.0. The standard InChI is InChI=1S/C12H16ClN3O3/c1-4-5-6-14-12(17)9-7(2)10(16(18)19)8(3)15-11(9)13/h4-6H2,1-3H3,(H,14,17). The van der Waals surface area contributed by atoms with E-state index in [4.69, 9.17) is 11.6 Å². The molecular formula is C12H16ClN3O3. The molecule has 0 atom stereocenters. The van der Waals surface area contributed by atoms with E-state index in [0.29, 0.717) is 6.54 Å². The van der Waals surface area contributed by atoms with Crippen molar-refractivity contribution < 1.29 is 9.72 Å². The normalized spacial score (nSPS) is 10.3. The average molecular weight is 286 g/mol. The van der Waals surface area contributed by atoms with Crippen LogP contribution >= 0.6 is 11.6 Å². The zero-order chi connectivity index (χ0) is 14.6. The number of halogens is 1. The molecule has 0 aromatic carbocycles. The van der Waals surface area contributed by atoms with Crippen LogP contribution in [-0.2, 0) is 0 Å². The molecule has 1 aromatic rings. The molecule has 1 heterocycles. The van der Waals surface area contributed by atoms with Crippen LogP contribution in [0.5, 0.6) is 0 Å². The van der Waals surface area contributed by atoms with Crippen LogP contribution in [0.25, 0.3) is 0 Å². The van der Waals surface area contributed by atoms with E-state index >= 15 is 0 Å². The Morgan fingerprint density at radius 2 is 2.11 bits per heavy atom. The molecule has 1 aromatic heterocycles. The van der Waals surface area contributed by atoms with Crippen LogP contribution in [-0.4, -0.2) is 22.4 Å². The minimum absolute atomic E-state index is 0.00500. The molecule has 104 valence electrons. The molecule has 0 radical (unpaired) electrons. The zero-order valence-corrected chi connectivity index (χ0v) is 11.9. The average Bonchev–Trinajstić information content (AvgIpc) is 2.27. The fraction of sp³-hybridized carbons (Fsp3) is 0.500. The molecule has 1 rings (SSSR count). The summed E-state index contributed by atoms with van der Waals surface area (Å²) in [5.74, 6) is -0.424. The third-order valence-corrected chi connectivity index (χ3v) is 3.04. The summed E-state index contributed by atoms with van der Waals surface area (Å²) in [5.41, 5.74) is 0.370. The Morgan fingerprint density at radius 3 is 2.63 bits per heavy atom. The third-order valence-electron chi connectivity index (χ3n) is 2.77. The van der Waals surface area contributed by atoms with E-state index in [1.807, 2.05) is 6.92 Å². The van der Waals surface area contributed by atoms with Crippen LogP contribution in [0.3, 0.4) is 0 Å².